The molecule has 0 radical (unpaired) electrons. The number of ether oxygens (including phenoxy) is 2. The van der Waals surface area contributed by atoms with Gasteiger partial charge in [0.1, 0.15) is 6.61 Å². The van der Waals surface area contributed by atoms with Crippen LogP contribution < -0.4 is 0 Å². The van der Waals surface area contributed by atoms with Gasteiger partial charge in [0.15, 0.2) is 6.10 Å². The lowest BCUT2D eigenvalue weighted by molar-refractivity contribution is -0.161. The lowest BCUT2D eigenvalue weighted by Gasteiger charge is -2.18. The average Bonchev–Trinajstić information content (AvgIpc) is 3.08. The van der Waals surface area contributed by atoms with Crippen LogP contribution in [0.3, 0.4) is 0 Å². The molecular weight excluding hydrogens is 651 g/mol. The van der Waals surface area contributed by atoms with Gasteiger partial charge in [-0.1, -0.05) is 154 Å². The zero-order chi connectivity index (χ0) is 36.8. The molecule has 9 heteroatoms. The predicted octanol–water partition coefficient (Wildman–Crippen LogP) is 12.4. The smallest absolute Gasteiger partial charge is 0.462 e. The molecule has 0 saturated heterocycles. The van der Waals surface area contributed by atoms with Crippen LogP contribution in [-0.2, 0) is 28.2 Å². The normalized spacial score (nSPS) is 12.6. The van der Waals surface area contributed by atoms with Gasteiger partial charge in [-0.3, -0.25) is 14.1 Å². The van der Waals surface area contributed by atoms with E-state index in [0.29, 0.717) is 6.42 Å². The first-order chi connectivity index (χ1) is 24.3. The number of carbonyl (C=O) groups is 2. The van der Waals surface area contributed by atoms with Crippen LogP contribution in [0.5, 0.6) is 0 Å². The maximum absolute atomic E-state index is 12.4. The molecule has 0 aromatic rings. The fourth-order valence-corrected chi connectivity index (χ4v) is 6.19. The van der Waals surface area contributed by atoms with Crippen LogP contribution in [0.15, 0.2) is 24.3 Å². The lowest BCUT2D eigenvalue weighted by Crippen LogP contribution is -2.29. The summed E-state index contributed by atoms with van der Waals surface area (Å²) in [5.74, 6) is -0.907. The summed E-state index contributed by atoms with van der Waals surface area (Å²) in [6.45, 7) is 3.66. The number of hydrogen-bond acceptors (Lipinski definition) is 6. The van der Waals surface area contributed by atoms with E-state index in [0.717, 1.165) is 38.5 Å². The largest absolute Gasteiger partial charge is 0.469 e. The average molecular weight is 729 g/mol. The zero-order valence-electron chi connectivity index (χ0n) is 32.3. The summed E-state index contributed by atoms with van der Waals surface area (Å²) in [5.41, 5.74) is 0. The van der Waals surface area contributed by atoms with Gasteiger partial charge in [-0.05, 0) is 64.2 Å². The summed E-state index contributed by atoms with van der Waals surface area (Å²) < 4.78 is 26.3. The molecule has 1 atom stereocenters. The number of phosphoric acid groups is 1. The van der Waals surface area contributed by atoms with Crippen LogP contribution in [0.2, 0.25) is 0 Å². The first-order valence-electron chi connectivity index (χ1n) is 20.6. The minimum atomic E-state index is -4.75. The molecule has 0 aliphatic heterocycles. The molecule has 0 aromatic heterocycles. The van der Waals surface area contributed by atoms with Crippen LogP contribution in [-0.4, -0.2) is 41.0 Å². The molecule has 8 nitrogen and oxygen atoms in total. The summed E-state index contributed by atoms with van der Waals surface area (Å²) in [6.07, 6.45) is 41.8. The fourth-order valence-electron chi connectivity index (χ4n) is 5.83. The van der Waals surface area contributed by atoms with Crippen molar-refractivity contribution in [2.75, 3.05) is 13.2 Å². The summed E-state index contributed by atoms with van der Waals surface area (Å²) in [7, 11) is -4.75. The van der Waals surface area contributed by atoms with E-state index in [1.54, 1.807) is 0 Å². The molecule has 0 unspecified atom stereocenters. The molecule has 0 rings (SSSR count). The molecule has 0 bridgehead atoms. The van der Waals surface area contributed by atoms with Gasteiger partial charge in [0.05, 0.1) is 6.61 Å². The molecule has 0 aliphatic carbocycles. The van der Waals surface area contributed by atoms with Crippen LogP contribution >= 0.6 is 7.82 Å². The van der Waals surface area contributed by atoms with Crippen LogP contribution in [0, 0.1) is 0 Å². The first kappa shape index (κ1) is 48.5. The molecule has 50 heavy (non-hydrogen) atoms. The van der Waals surface area contributed by atoms with Crippen LogP contribution in [0.1, 0.15) is 206 Å². The third-order valence-corrected chi connectivity index (χ3v) is 9.43. The molecule has 0 saturated carbocycles. The van der Waals surface area contributed by atoms with Crippen molar-refractivity contribution in [2.45, 2.75) is 213 Å². The Morgan fingerprint density at radius 3 is 1.28 bits per heavy atom. The van der Waals surface area contributed by atoms with E-state index in [1.165, 1.54) is 135 Å². The third kappa shape index (κ3) is 39.3. The number of phosphoric ester groups is 1. The standard InChI is InChI=1S/C41H77O8P/c1-3-5-7-9-11-13-15-17-19-20-22-23-25-27-29-31-33-35-40(42)47-37-39(38-48-50(44,45)46)49-41(43)36-34-32-30-28-26-24-21-18-16-14-12-10-8-6-4-2/h13,15,26,28,39H,3-12,14,16-25,27,29-38H2,1-2H3,(H2,44,45,46)/b15-13+,28-26+/t39-/m1/s1. The van der Waals surface area contributed by atoms with Crippen molar-refractivity contribution in [3.63, 3.8) is 0 Å². The molecule has 0 aliphatic rings. The minimum Gasteiger partial charge on any atom is -0.462 e. The van der Waals surface area contributed by atoms with Gasteiger partial charge >= 0.3 is 19.8 Å². The summed E-state index contributed by atoms with van der Waals surface area (Å²) >= 11 is 0. The number of allylic oxidation sites excluding steroid dienone is 4. The number of unbranched alkanes of at least 4 members (excludes halogenated alkanes) is 24. The monoisotopic (exact) mass is 729 g/mol. The Morgan fingerprint density at radius 1 is 0.500 bits per heavy atom. The topological polar surface area (TPSA) is 119 Å². The van der Waals surface area contributed by atoms with Gasteiger partial charge in [0.2, 0.25) is 0 Å². The Balaban J connectivity index is 3.93. The SMILES string of the molecule is CCCCCC/C=C/CCCCCCCCCCCC(=O)OC[C@H](COP(=O)(O)O)OC(=O)CCCC/C=C/CCCCCCCCCCC. The molecular formula is C41H77O8P. The van der Waals surface area contributed by atoms with E-state index in [9.17, 15) is 14.2 Å². The quantitative estimate of drug-likeness (QED) is 0.0279. The highest BCUT2D eigenvalue weighted by Gasteiger charge is 2.22. The highest BCUT2D eigenvalue weighted by atomic mass is 31.2. The van der Waals surface area contributed by atoms with Gasteiger partial charge in [-0.2, -0.15) is 0 Å². The molecule has 0 aromatic carbocycles. The predicted molar refractivity (Wildman–Crippen MR) is 207 cm³/mol. The maximum atomic E-state index is 12.4. The number of rotatable bonds is 38. The van der Waals surface area contributed by atoms with Gasteiger partial charge in [0.25, 0.3) is 0 Å². The summed E-state index contributed by atoms with van der Waals surface area (Å²) in [5, 5.41) is 0. The Kier molecular flexibility index (Phi) is 36.2. The second kappa shape index (κ2) is 37.3. The Bertz CT molecular complexity index is 869. The molecule has 0 amide bonds. The van der Waals surface area contributed by atoms with Crippen molar-refractivity contribution >= 4 is 19.8 Å². The minimum absolute atomic E-state index is 0.184. The molecule has 294 valence electrons. The maximum Gasteiger partial charge on any atom is 0.469 e. The van der Waals surface area contributed by atoms with E-state index in [-0.39, 0.29) is 19.4 Å². The Hall–Kier alpha value is -1.47. The Labute approximate surface area is 307 Å². The first-order valence-corrected chi connectivity index (χ1v) is 22.2. The highest BCUT2D eigenvalue weighted by Crippen LogP contribution is 2.36. The van der Waals surface area contributed by atoms with Gasteiger partial charge in [0, 0.05) is 12.8 Å². The van der Waals surface area contributed by atoms with Crippen molar-refractivity contribution in [3.05, 3.63) is 24.3 Å². The molecule has 0 fully saturated rings. The second-order valence-electron chi connectivity index (χ2n) is 14.0. The second-order valence-corrected chi connectivity index (χ2v) is 15.2. The summed E-state index contributed by atoms with van der Waals surface area (Å²) in [6, 6.07) is 0. The van der Waals surface area contributed by atoms with E-state index in [2.05, 4.69) is 42.7 Å². The van der Waals surface area contributed by atoms with Crippen molar-refractivity contribution in [2.24, 2.45) is 0 Å². The molecule has 0 heterocycles. The van der Waals surface area contributed by atoms with E-state index in [1.807, 2.05) is 0 Å². The van der Waals surface area contributed by atoms with Gasteiger partial charge in [-0.15, -0.1) is 0 Å². The fraction of sp³-hybridized carbons (Fsp3) is 0.854. The van der Waals surface area contributed by atoms with Crippen molar-refractivity contribution in [1.29, 1.82) is 0 Å². The number of hydrogen-bond donors (Lipinski definition) is 2. The highest BCUT2D eigenvalue weighted by molar-refractivity contribution is 7.46. The lowest BCUT2D eigenvalue weighted by atomic mass is 10.1. The zero-order valence-corrected chi connectivity index (χ0v) is 33.2. The van der Waals surface area contributed by atoms with E-state index < -0.39 is 32.5 Å². The van der Waals surface area contributed by atoms with E-state index >= 15 is 0 Å². The molecule has 0 spiro atoms. The third-order valence-electron chi connectivity index (χ3n) is 8.94. The van der Waals surface area contributed by atoms with Crippen molar-refractivity contribution < 1.29 is 37.9 Å². The Morgan fingerprint density at radius 2 is 0.840 bits per heavy atom. The van der Waals surface area contributed by atoms with Crippen molar-refractivity contribution in [3.8, 4) is 0 Å². The number of carbonyl (C=O) groups excluding carboxylic acids is 2. The molecule has 2 N–H and O–H groups in total. The number of esters is 2. The van der Waals surface area contributed by atoms with Crippen LogP contribution in [0.4, 0.5) is 0 Å². The van der Waals surface area contributed by atoms with E-state index in [4.69, 9.17) is 19.3 Å². The van der Waals surface area contributed by atoms with Crippen molar-refractivity contribution in [1.82, 2.24) is 0 Å². The van der Waals surface area contributed by atoms with Gasteiger partial charge in [-0.25, -0.2) is 4.57 Å². The summed E-state index contributed by atoms with van der Waals surface area (Å²) in [4.78, 5) is 42.8. The van der Waals surface area contributed by atoms with Crippen LogP contribution in [0.25, 0.3) is 0 Å². The van der Waals surface area contributed by atoms with Gasteiger partial charge < -0.3 is 19.3 Å².